The highest BCUT2D eigenvalue weighted by atomic mass is 16.5. The van der Waals surface area contributed by atoms with Crippen LogP contribution in [-0.2, 0) is 4.74 Å². The first-order chi connectivity index (χ1) is 5.86. The van der Waals surface area contributed by atoms with Crippen LogP contribution in [0.15, 0.2) is 5.11 Å². The van der Waals surface area contributed by atoms with E-state index >= 15 is 0 Å². The molecule has 0 N–H and O–H groups in total. The summed E-state index contributed by atoms with van der Waals surface area (Å²) in [6.45, 7) is 3.59. The smallest absolute Gasteiger partial charge is 0.0589 e. The lowest BCUT2D eigenvalue weighted by molar-refractivity contribution is 0.160. The minimum absolute atomic E-state index is 0.173. The van der Waals surface area contributed by atoms with Gasteiger partial charge in [0.2, 0.25) is 0 Å². The summed E-state index contributed by atoms with van der Waals surface area (Å²) in [6, 6.07) is 0.173. The summed E-state index contributed by atoms with van der Waals surface area (Å²) < 4.78 is 4.95. The van der Waals surface area contributed by atoms with Crippen LogP contribution < -0.4 is 0 Å². The summed E-state index contributed by atoms with van der Waals surface area (Å²) in [5, 5.41) is 3.68. The van der Waals surface area contributed by atoms with E-state index in [9.17, 15) is 0 Å². The number of hydrogen-bond acceptors (Lipinski definition) is 3. The molecule has 68 valence electrons. The number of likely N-dealkylation sites (tertiary alicyclic amines) is 1. The van der Waals surface area contributed by atoms with Crippen molar-refractivity contribution in [1.82, 2.24) is 4.90 Å². The summed E-state index contributed by atoms with van der Waals surface area (Å²) >= 11 is 0. The van der Waals surface area contributed by atoms with Gasteiger partial charge in [-0.1, -0.05) is 5.11 Å². The second-order valence-electron chi connectivity index (χ2n) is 2.94. The van der Waals surface area contributed by atoms with Gasteiger partial charge in [-0.05, 0) is 18.5 Å². The van der Waals surface area contributed by atoms with Crippen molar-refractivity contribution in [3.05, 3.63) is 10.4 Å². The van der Waals surface area contributed by atoms with Crippen LogP contribution in [0.4, 0.5) is 0 Å². The van der Waals surface area contributed by atoms with Crippen molar-refractivity contribution in [2.45, 2.75) is 12.5 Å². The maximum Gasteiger partial charge on any atom is 0.0589 e. The Balaban J connectivity index is 2.21. The molecular weight excluding hydrogens is 156 g/mol. The van der Waals surface area contributed by atoms with E-state index in [4.69, 9.17) is 10.3 Å². The van der Waals surface area contributed by atoms with Gasteiger partial charge in [0.05, 0.1) is 12.6 Å². The molecule has 1 rings (SSSR count). The molecule has 1 atom stereocenters. The highest BCUT2D eigenvalue weighted by molar-refractivity contribution is 4.80. The van der Waals surface area contributed by atoms with Gasteiger partial charge in [0.25, 0.3) is 0 Å². The third-order valence-electron chi connectivity index (χ3n) is 2.07. The number of rotatable bonds is 4. The molecule has 0 radical (unpaired) electrons. The molecule has 0 aromatic heterocycles. The largest absolute Gasteiger partial charge is 0.383 e. The van der Waals surface area contributed by atoms with Gasteiger partial charge >= 0.3 is 0 Å². The van der Waals surface area contributed by atoms with Gasteiger partial charge in [-0.2, -0.15) is 0 Å². The first-order valence-corrected chi connectivity index (χ1v) is 4.12. The van der Waals surface area contributed by atoms with Crippen molar-refractivity contribution in [1.29, 1.82) is 0 Å². The van der Waals surface area contributed by atoms with Crippen molar-refractivity contribution in [2.24, 2.45) is 5.11 Å². The van der Waals surface area contributed by atoms with E-state index in [1.54, 1.807) is 7.11 Å². The SMILES string of the molecule is COCCN1CCC(N=[N+]=[N-])C1. The summed E-state index contributed by atoms with van der Waals surface area (Å²) in [4.78, 5) is 5.05. The molecule has 0 aromatic rings. The van der Waals surface area contributed by atoms with Gasteiger partial charge in [0, 0.05) is 25.1 Å². The molecule has 5 heteroatoms. The Bertz CT molecular complexity index is 178. The average Bonchev–Trinajstić information content (AvgIpc) is 2.50. The summed E-state index contributed by atoms with van der Waals surface area (Å²) in [5.74, 6) is 0. The third kappa shape index (κ3) is 2.70. The van der Waals surface area contributed by atoms with Crippen LogP contribution in [0, 0.1) is 0 Å². The van der Waals surface area contributed by atoms with Gasteiger partial charge in [0.15, 0.2) is 0 Å². The standard InChI is InChI=1S/C7H14N4O/c1-12-5-4-11-3-2-7(6-11)9-10-8/h7H,2-6H2,1H3. The van der Waals surface area contributed by atoms with Gasteiger partial charge in [-0.25, -0.2) is 0 Å². The van der Waals surface area contributed by atoms with Gasteiger partial charge in [-0.3, -0.25) is 0 Å². The van der Waals surface area contributed by atoms with Crippen LogP contribution in [0.25, 0.3) is 10.4 Å². The second kappa shape index (κ2) is 4.98. The van der Waals surface area contributed by atoms with E-state index in [-0.39, 0.29) is 6.04 Å². The minimum atomic E-state index is 0.173. The van der Waals surface area contributed by atoms with Crippen LogP contribution in [-0.4, -0.2) is 44.3 Å². The van der Waals surface area contributed by atoms with E-state index in [0.717, 1.165) is 32.7 Å². The van der Waals surface area contributed by atoms with Crippen LogP contribution in [0.1, 0.15) is 6.42 Å². The number of azide groups is 1. The molecule has 12 heavy (non-hydrogen) atoms. The fraction of sp³-hybridized carbons (Fsp3) is 1.00. The van der Waals surface area contributed by atoms with E-state index < -0.39 is 0 Å². The molecule has 1 heterocycles. The van der Waals surface area contributed by atoms with E-state index in [1.807, 2.05) is 0 Å². The first kappa shape index (κ1) is 9.32. The Labute approximate surface area is 71.9 Å². The first-order valence-electron chi connectivity index (χ1n) is 4.12. The molecule has 1 saturated heterocycles. The lowest BCUT2D eigenvalue weighted by atomic mass is 10.3. The zero-order chi connectivity index (χ0) is 8.81. The van der Waals surface area contributed by atoms with Crippen LogP contribution >= 0.6 is 0 Å². The third-order valence-corrected chi connectivity index (χ3v) is 2.07. The van der Waals surface area contributed by atoms with Gasteiger partial charge in [0.1, 0.15) is 0 Å². The van der Waals surface area contributed by atoms with Crippen LogP contribution in [0.3, 0.4) is 0 Å². The topological polar surface area (TPSA) is 61.2 Å². The summed E-state index contributed by atoms with van der Waals surface area (Å²) in [7, 11) is 1.70. The van der Waals surface area contributed by atoms with E-state index in [2.05, 4.69) is 14.9 Å². The van der Waals surface area contributed by atoms with E-state index in [0.29, 0.717) is 0 Å². The normalized spacial score (nSPS) is 23.9. The second-order valence-corrected chi connectivity index (χ2v) is 2.94. The molecule has 0 aromatic carbocycles. The molecule has 5 nitrogen and oxygen atoms in total. The fourth-order valence-corrected chi connectivity index (χ4v) is 1.40. The summed E-state index contributed by atoms with van der Waals surface area (Å²) in [5.41, 5.74) is 8.20. The zero-order valence-electron chi connectivity index (χ0n) is 7.31. The van der Waals surface area contributed by atoms with Gasteiger partial charge in [-0.15, -0.1) is 0 Å². The average molecular weight is 170 g/mol. The molecule has 0 bridgehead atoms. The Morgan fingerprint density at radius 1 is 1.75 bits per heavy atom. The monoisotopic (exact) mass is 170 g/mol. The van der Waals surface area contributed by atoms with Crippen LogP contribution in [0.2, 0.25) is 0 Å². The fourth-order valence-electron chi connectivity index (χ4n) is 1.40. The molecule has 1 aliphatic rings. The highest BCUT2D eigenvalue weighted by Crippen LogP contribution is 2.11. The Hall–Kier alpha value is -0.770. The minimum Gasteiger partial charge on any atom is -0.383 e. The maximum atomic E-state index is 8.20. The Morgan fingerprint density at radius 3 is 3.25 bits per heavy atom. The summed E-state index contributed by atoms with van der Waals surface area (Å²) in [6.07, 6.45) is 0.980. The Morgan fingerprint density at radius 2 is 2.58 bits per heavy atom. The Kier molecular flexibility index (Phi) is 3.87. The van der Waals surface area contributed by atoms with Crippen molar-refractivity contribution >= 4 is 0 Å². The lowest BCUT2D eigenvalue weighted by Gasteiger charge is -2.13. The van der Waals surface area contributed by atoms with Crippen molar-refractivity contribution in [2.75, 3.05) is 33.4 Å². The molecule has 0 amide bonds. The predicted molar refractivity (Wildman–Crippen MR) is 45.9 cm³/mol. The number of ether oxygens (including phenoxy) is 1. The maximum absolute atomic E-state index is 8.20. The number of methoxy groups -OCH3 is 1. The molecule has 1 fully saturated rings. The molecule has 1 aliphatic heterocycles. The molecule has 0 aliphatic carbocycles. The lowest BCUT2D eigenvalue weighted by Crippen LogP contribution is -2.25. The van der Waals surface area contributed by atoms with Crippen molar-refractivity contribution < 1.29 is 4.74 Å². The zero-order valence-corrected chi connectivity index (χ0v) is 7.31. The van der Waals surface area contributed by atoms with Crippen LogP contribution in [0.5, 0.6) is 0 Å². The van der Waals surface area contributed by atoms with E-state index in [1.165, 1.54) is 0 Å². The quantitative estimate of drug-likeness (QED) is 0.359. The van der Waals surface area contributed by atoms with Gasteiger partial charge < -0.3 is 9.64 Å². The van der Waals surface area contributed by atoms with Crippen molar-refractivity contribution in [3.8, 4) is 0 Å². The predicted octanol–water partition coefficient (Wildman–Crippen LogP) is 1.02. The molecule has 0 spiro atoms. The molecule has 0 saturated carbocycles. The number of nitrogens with zero attached hydrogens (tertiary/aromatic N) is 4. The molecular formula is C7H14N4O. The molecule has 1 unspecified atom stereocenters. The number of hydrogen-bond donors (Lipinski definition) is 0. The van der Waals surface area contributed by atoms with Crippen molar-refractivity contribution in [3.63, 3.8) is 0 Å². The highest BCUT2D eigenvalue weighted by Gasteiger charge is 2.20.